The molecular weight excluding hydrogens is 320 g/mol. The maximum absolute atomic E-state index is 5.93. The van der Waals surface area contributed by atoms with Crippen molar-refractivity contribution in [3.63, 3.8) is 0 Å². The fourth-order valence-electron chi connectivity index (χ4n) is 4.58. The molecule has 0 saturated carbocycles. The molecule has 3 heteroatoms. The fraction of sp³-hybridized carbons (Fsp3) is 0. The van der Waals surface area contributed by atoms with Gasteiger partial charge < -0.3 is 8.82 Å². The second-order valence-electron chi connectivity index (χ2n) is 6.87. The lowest BCUT2D eigenvalue weighted by Crippen LogP contribution is -1.94. The summed E-state index contributed by atoms with van der Waals surface area (Å²) in [5.74, 6) is 0. The van der Waals surface area contributed by atoms with E-state index in [1.54, 1.807) is 6.26 Å². The van der Waals surface area contributed by atoms with Crippen molar-refractivity contribution in [2.45, 2.75) is 0 Å². The lowest BCUT2D eigenvalue weighted by atomic mass is 10.0. The van der Waals surface area contributed by atoms with Gasteiger partial charge in [0.2, 0.25) is 0 Å². The predicted octanol–water partition coefficient (Wildman–Crippen LogP) is 6.13. The molecule has 7 rings (SSSR count). The van der Waals surface area contributed by atoms with E-state index in [0.717, 1.165) is 27.4 Å². The Labute approximate surface area is 147 Å². The summed E-state index contributed by atoms with van der Waals surface area (Å²) in [6, 6.07) is 21.4. The molecule has 0 bridgehead atoms. The number of nitrogens with zero attached hydrogens (tertiary/aromatic N) is 2. The minimum absolute atomic E-state index is 0.915. The van der Waals surface area contributed by atoms with Crippen molar-refractivity contribution >= 4 is 60.0 Å². The molecule has 0 spiro atoms. The molecule has 0 amide bonds. The van der Waals surface area contributed by atoms with Crippen molar-refractivity contribution in [2.24, 2.45) is 0 Å². The number of hydrogen-bond donors (Lipinski definition) is 0. The fourth-order valence-corrected chi connectivity index (χ4v) is 4.58. The highest BCUT2D eigenvalue weighted by atomic mass is 16.3. The van der Waals surface area contributed by atoms with Crippen molar-refractivity contribution in [1.29, 1.82) is 0 Å². The Hall–Kier alpha value is -3.59. The quantitative estimate of drug-likeness (QED) is 0.247. The van der Waals surface area contributed by atoms with E-state index in [-0.39, 0.29) is 0 Å². The van der Waals surface area contributed by atoms with Crippen LogP contribution in [0.15, 0.2) is 77.5 Å². The number of hydrogen-bond acceptors (Lipinski definition) is 2. The van der Waals surface area contributed by atoms with Crippen LogP contribution in [0.1, 0.15) is 0 Å². The van der Waals surface area contributed by atoms with Crippen molar-refractivity contribution in [3.8, 4) is 0 Å². The number of furan rings is 1. The number of benzene rings is 3. The second-order valence-corrected chi connectivity index (χ2v) is 6.87. The third-order valence-corrected chi connectivity index (χ3v) is 5.64. The highest BCUT2D eigenvalue weighted by molar-refractivity contribution is 6.29. The zero-order valence-electron chi connectivity index (χ0n) is 13.7. The number of rotatable bonds is 0. The largest absolute Gasteiger partial charge is 0.462 e. The lowest BCUT2D eigenvalue weighted by molar-refractivity contribution is 0.618. The van der Waals surface area contributed by atoms with Crippen LogP contribution in [0.4, 0.5) is 0 Å². The van der Waals surface area contributed by atoms with Gasteiger partial charge in [-0.2, -0.15) is 0 Å². The normalized spacial score (nSPS) is 12.6. The molecule has 120 valence electrons. The zero-order chi connectivity index (χ0) is 16.8. The van der Waals surface area contributed by atoms with Crippen LogP contribution in [-0.4, -0.2) is 9.38 Å². The third-order valence-electron chi connectivity index (χ3n) is 5.64. The van der Waals surface area contributed by atoms with Crippen LogP contribution >= 0.6 is 0 Å². The van der Waals surface area contributed by atoms with Gasteiger partial charge in [0.15, 0.2) is 5.58 Å². The average Bonchev–Trinajstić information content (AvgIpc) is 3.30. The van der Waals surface area contributed by atoms with Crippen molar-refractivity contribution in [3.05, 3.63) is 73.1 Å². The van der Waals surface area contributed by atoms with E-state index in [0.29, 0.717) is 0 Å². The zero-order valence-corrected chi connectivity index (χ0v) is 13.7. The maximum atomic E-state index is 5.93. The molecule has 3 nitrogen and oxygen atoms in total. The summed E-state index contributed by atoms with van der Waals surface area (Å²) in [4.78, 5) is 4.77. The van der Waals surface area contributed by atoms with Gasteiger partial charge in [-0.25, -0.2) is 0 Å². The van der Waals surface area contributed by atoms with Gasteiger partial charge in [0.25, 0.3) is 0 Å². The summed E-state index contributed by atoms with van der Waals surface area (Å²) in [6.45, 7) is 0. The van der Waals surface area contributed by atoms with E-state index < -0.39 is 0 Å². The average molecular weight is 332 g/mol. The third kappa shape index (κ3) is 1.28. The lowest BCUT2D eigenvalue weighted by Gasteiger charge is -2.12. The first-order valence-electron chi connectivity index (χ1n) is 8.74. The van der Waals surface area contributed by atoms with Gasteiger partial charge in [-0.15, -0.1) is 0 Å². The standard InChI is InChI=1S/C23H12N2O/c1-2-4-18-15(3-1)16-7-5-13-9-11-24-20-17-8-6-14-10-12-26-23(14)22(17)25(18)21(16)19(13)20/h1-12H. The topological polar surface area (TPSA) is 30.4 Å². The molecule has 0 aliphatic rings. The summed E-state index contributed by atoms with van der Waals surface area (Å²) in [5.41, 5.74) is 5.48. The molecule has 0 unspecified atom stereocenters. The van der Waals surface area contributed by atoms with Crippen LogP contribution in [0.25, 0.3) is 60.0 Å². The molecule has 0 aliphatic carbocycles. The van der Waals surface area contributed by atoms with Crippen LogP contribution in [0, 0.1) is 0 Å². The Kier molecular flexibility index (Phi) is 2.03. The summed E-state index contributed by atoms with van der Waals surface area (Å²) in [7, 11) is 0. The van der Waals surface area contributed by atoms with Gasteiger partial charge in [0.1, 0.15) is 0 Å². The minimum Gasteiger partial charge on any atom is -0.462 e. The number of para-hydroxylation sites is 1. The molecule has 0 N–H and O–H groups in total. The van der Waals surface area contributed by atoms with Crippen molar-refractivity contribution in [2.75, 3.05) is 0 Å². The van der Waals surface area contributed by atoms with Crippen molar-refractivity contribution < 1.29 is 4.42 Å². The first-order valence-corrected chi connectivity index (χ1v) is 8.74. The van der Waals surface area contributed by atoms with E-state index >= 15 is 0 Å². The SMILES string of the molecule is c1ccc2c(c1)c1ccc3ccnc4c5ccc6ccoc6c5n2c1c34. The Morgan fingerprint density at radius 3 is 2.62 bits per heavy atom. The van der Waals surface area contributed by atoms with Gasteiger partial charge in [-0.3, -0.25) is 4.98 Å². The molecule has 3 aromatic carbocycles. The molecule has 4 aromatic heterocycles. The molecule has 4 heterocycles. The summed E-state index contributed by atoms with van der Waals surface area (Å²) in [5, 5.41) is 7.20. The van der Waals surface area contributed by atoms with Crippen LogP contribution < -0.4 is 0 Å². The van der Waals surface area contributed by atoms with E-state index in [9.17, 15) is 0 Å². The van der Waals surface area contributed by atoms with E-state index in [4.69, 9.17) is 9.40 Å². The molecular formula is C23H12N2O. The number of aromatic nitrogens is 2. The minimum atomic E-state index is 0.915. The number of fused-ring (bicyclic) bond motifs is 8. The van der Waals surface area contributed by atoms with Crippen LogP contribution in [0.2, 0.25) is 0 Å². The van der Waals surface area contributed by atoms with E-state index in [1.807, 2.05) is 12.3 Å². The Balaban J connectivity index is 2.04. The van der Waals surface area contributed by atoms with Gasteiger partial charge >= 0.3 is 0 Å². The van der Waals surface area contributed by atoms with Crippen LogP contribution in [0.5, 0.6) is 0 Å². The molecule has 0 atom stereocenters. The van der Waals surface area contributed by atoms with Gasteiger partial charge in [-0.1, -0.05) is 36.4 Å². The van der Waals surface area contributed by atoms with Gasteiger partial charge in [0, 0.05) is 33.1 Å². The van der Waals surface area contributed by atoms with E-state index in [1.165, 1.54) is 32.6 Å². The first-order chi connectivity index (χ1) is 12.9. The Bertz CT molecular complexity index is 1630. The smallest absolute Gasteiger partial charge is 0.158 e. The molecule has 7 aromatic rings. The van der Waals surface area contributed by atoms with Gasteiger partial charge in [0.05, 0.1) is 28.3 Å². The highest BCUT2D eigenvalue weighted by Crippen LogP contribution is 2.42. The monoisotopic (exact) mass is 332 g/mol. The molecule has 26 heavy (non-hydrogen) atoms. The molecule has 0 aliphatic heterocycles. The summed E-state index contributed by atoms with van der Waals surface area (Å²) in [6.07, 6.45) is 3.67. The molecule has 0 radical (unpaired) electrons. The molecule has 0 fully saturated rings. The van der Waals surface area contributed by atoms with Crippen LogP contribution in [-0.2, 0) is 0 Å². The van der Waals surface area contributed by atoms with Gasteiger partial charge in [-0.05, 0) is 29.7 Å². The summed E-state index contributed by atoms with van der Waals surface area (Å²) < 4.78 is 8.29. The number of pyridine rings is 2. The Morgan fingerprint density at radius 1 is 0.731 bits per heavy atom. The maximum Gasteiger partial charge on any atom is 0.158 e. The molecule has 0 saturated heterocycles. The van der Waals surface area contributed by atoms with Crippen molar-refractivity contribution in [1.82, 2.24) is 9.38 Å². The Morgan fingerprint density at radius 2 is 1.62 bits per heavy atom. The van der Waals surface area contributed by atoms with Crippen LogP contribution in [0.3, 0.4) is 0 Å². The predicted molar refractivity (Wildman–Crippen MR) is 106 cm³/mol. The summed E-state index contributed by atoms with van der Waals surface area (Å²) >= 11 is 0. The second kappa shape index (κ2) is 4.14. The van der Waals surface area contributed by atoms with E-state index in [2.05, 4.69) is 59.0 Å². The first kappa shape index (κ1) is 12.7. The highest BCUT2D eigenvalue weighted by Gasteiger charge is 2.20.